The number of hydrogen-bond donors (Lipinski definition) is 1. The van der Waals surface area contributed by atoms with Gasteiger partial charge in [-0.05, 0) is 54.7 Å². The molecule has 3 heteroatoms. The fraction of sp³-hybridized carbons (Fsp3) is 0.294. The predicted molar refractivity (Wildman–Crippen MR) is 86.3 cm³/mol. The van der Waals surface area contributed by atoms with E-state index < -0.39 is 0 Å². The Morgan fingerprint density at radius 2 is 1.75 bits per heavy atom. The lowest BCUT2D eigenvalue weighted by atomic mass is 9.77. The normalized spacial score (nSPS) is 16.7. The maximum absolute atomic E-state index is 6.44. The summed E-state index contributed by atoms with van der Waals surface area (Å²) < 4.78 is 0. The first kappa shape index (κ1) is 14.0. The lowest BCUT2D eigenvalue weighted by Gasteiger charge is -2.32. The Kier molecular flexibility index (Phi) is 4.35. The lowest BCUT2D eigenvalue weighted by Crippen LogP contribution is -2.27. The molecule has 3 rings (SSSR count). The molecule has 0 aromatic heterocycles. The minimum Gasteiger partial charge on any atom is -0.324 e. The second-order valence-electron chi connectivity index (χ2n) is 5.31. The summed E-state index contributed by atoms with van der Waals surface area (Å²) in [7, 11) is 0. The first-order chi connectivity index (χ1) is 9.74. The highest BCUT2D eigenvalue weighted by atomic mass is 35.5. The average Bonchev–Trinajstić information content (AvgIpc) is 2.40. The first-order valence-electron chi connectivity index (χ1n) is 7.02. The van der Waals surface area contributed by atoms with Crippen LogP contribution in [0.5, 0.6) is 0 Å². The second-order valence-corrected chi connectivity index (χ2v) is 6.86. The molecular weight excluding hydrogens is 286 g/mol. The molecule has 1 aliphatic rings. The molecule has 20 heavy (non-hydrogen) atoms. The summed E-state index contributed by atoms with van der Waals surface area (Å²) in [5.74, 6) is 0.655. The van der Waals surface area contributed by atoms with Crippen LogP contribution in [-0.2, 0) is 0 Å². The van der Waals surface area contributed by atoms with Crippen LogP contribution in [0.3, 0.4) is 0 Å². The van der Waals surface area contributed by atoms with Crippen LogP contribution in [0.25, 0.3) is 0 Å². The highest BCUT2D eigenvalue weighted by molar-refractivity contribution is 7.99. The van der Waals surface area contributed by atoms with Crippen molar-refractivity contribution >= 4 is 23.4 Å². The Hall–Kier alpha value is -0.960. The Balaban J connectivity index is 1.83. The molecule has 1 atom stereocenters. The van der Waals surface area contributed by atoms with Gasteiger partial charge in [0, 0.05) is 20.9 Å². The number of benzene rings is 2. The van der Waals surface area contributed by atoms with Gasteiger partial charge in [-0.1, -0.05) is 48.0 Å². The highest BCUT2D eigenvalue weighted by Gasteiger charge is 2.26. The van der Waals surface area contributed by atoms with Crippen LogP contribution in [0.15, 0.2) is 58.3 Å². The maximum atomic E-state index is 6.44. The minimum atomic E-state index is 0.166. The van der Waals surface area contributed by atoms with E-state index in [-0.39, 0.29) is 6.04 Å². The zero-order chi connectivity index (χ0) is 13.9. The van der Waals surface area contributed by atoms with E-state index in [0.717, 1.165) is 5.02 Å². The van der Waals surface area contributed by atoms with Crippen molar-refractivity contribution in [3.05, 3.63) is 59.1 Å². The smallest absolute Gasteiger partial charge is 0.0406 e. The third kappa shape index (κ3) is 3.03. The van der Waals surface area contributed by atoms with Crippen molar-refractivity contribution in [3.8, 4) is 0 Å². The molecule has 104 valence electrons. The maximum Gasteiger partial charge on any atom is 0.0406 e. The van der Waals surface area contributed by atoms with Crippen LogP contribution >= 0.6 is 23.4 Å². The van der Waals surface area contributed by atoms with E-state index in [1.165, 1.54) is 34.6 Å². The summed E-state index contributed by atoms with van der Waals surface area (Å²) in [6, 6.07) is 16.6. The van der Waals surface area contributed by atoms with Crippen LogP contribution in [0.4, 0.5) is 0 Å². The van der Waals surface area contributed by atoms with Gasteiger partial charge >= 0.3 is 0 Å². The third-order valence-corrected chi connectivity index (χ3v) is 5.33. The molecule has 2 N–H and O–H groups in total. The van der Waals surface area contributed by atoms with Crippen LogP contribution in [0, 0.1) is 5.92 Å². The summed E-state index contributed by atoms with van der Waals surface area (Å²) in [4.78, 5) is 2.46. The molecule has 1 fully saturated rings. The predicted octanol–water partition coefficient (Wildman–Crippen LogP) is 5.29. The number of hydrogen-bond acceptors (Lipinski definition) is 2. The number of rotatable bonds is 4. The zero-order valence-electron chi connectivity index (χ0n) is 11.3. The van der Waals surface area contributed by atoms with Gasteiger partial charge in [0.15, 0.2) is 0 Å². The molecule has 1 saturated carbocycles. The van der Waals surface area contributed by atoms with Gasteiger partial charge in [0.25, 0.3) is 0 Å². The molecule has 0 amide bonds. The summed E-state index contributed by atoms with van der Waals surface area (Å²) >= 11 is 7.70. The third-order valence-electron chi connectivity index (χ3n) is 3.98. The molecule has 0 bridgehead atoms. The van der Waals surface area contributed by atoms with Gasteiger partial charge in [-0.3, -0.25) is 0 Å². The molecular formula is C17H18ClNS. The van der Waals surface area contributed by atoms with Gasteiger partial charge in [0.2, 0.25) is 0 Å². The van der Waals surface area contributed by atoms with Crippen LogP contribution < -0.4 is 5.73 Å². The quantitative estimate of drug-likeness (QED) is 0.830. The Morgan fingerprint density at radius 3 is 2.40 bits per heavy atom. The summed E-state index contributed by atoms with van der Waals surface area (Å²) in [6.07, 6.45) is 3.85. The van der Waals surface area contributed by atoms with Gasteiger partial charge in [-0.15, -0.1) is 0 Å². The fourth-order valence-corrected chi connectivity index (χ4v) is 3.65. The van der Waals surface area contributed by atoms with E-state index >= 15 is 0 Å². The van der Waals surface area contributed by atoms with Crippen molar-refractivity contribution < 1.29 is 0 Å². The van der Waals surface area contributed by atoms with Crippen molar-refractivity contribution in [2.24, 2.45) is 11.7 Å². The number of halogens is 1. The molecule has 0 unspecified atom stereocenters. The molecule has 2 aromatic carbocycles. The van der Waals surface area contributed by atoms with E-state index in [4.69, 9.17) is 17.3 Å². The van der Waals surface area contributed by atoms with Gasteiger partial charge in [0.1, 0.15) is 0 Å². The molecule has 2 aromatic rings. The van der Waals surface area contributed by atoms with Crippen LogP contribution in [0.2, 0.25) is 5.02 Å². The summed E-state index contributed by atoms with van der Waals surface area (Å²) in [5, 5.41) is 0.772. The average molecular weight is 304 g/mol. The second kappa shape index (κ2) is 6.21. The fourth-order valence-electron chi connectivity index (χ4n) is 2.53. The highest BCUT2D eigenvalue weighted by Crippen LogP contribution is 2.40. The largest absolute Gasteiger partial charge is 0.324 e. The van der Waals surface area contributed by atoms with E-state index in [0.29, 0.717) is 5.92 Å². The molecule has 0 radical (unpaired) electrons. The van der Waals surface area contributed by atoms with Gasteiger partial charge in [-0.2, -0.15) is 0 Å². The molecule has 1 aliphatic carbocycles. The Bertz CT molecular complexity index is 578. The van der Waals surface area contributed by atoms with Gasteiger partial charge in [-0.25, -0.2) is 0 Å². The standard InChI is InChI=1S/C17H18ClNS/c18-13-8-10-14(11-9-13)20-16-7-2-1-6-15(16)17(19)12-4-3-5-12/h1-2,6-12,17H,3-5,19H2/t17-/m0/s1. The lowest BCUT2D eigenvalue weighted by molar-refractivity contribution is 0.262. The molecule has 0 heterocycles. The van der Waals surface area contributed by atoms with Crippen molar-refractivity contribution in [2.45, 2.75) is 35.1 Å². The monoisotopic (exact) mass is 303 g/mol. The van der Waals surface area contributed by atoms with Gasteiger partial charge in [0.05, 0.1) is 0 Å². The Morgan fingerprint density at radius 1 is 1.05 bits per heavy atom. The molecule has 1 nitrogen and oxygen atoms in total. The minimum absolute atomic E-state index is 0.166. The SMILES string of the molecule is N[C@H](c1ccccc1Sc1ccc(Cl)cc1)C1CCC1. The van der Waals surface area contributed by atoms with Crippen molar-refractivity contribution in [2.75, 3.05) is 0 Å². The Labute approximate surface area is 129 Å². The molecule has 0 aliphatic heterocycles. The van der Waals surface area contributed by atoms with E-state index in [1.54, 1.807) is 11.8 Å². The van der Waals surface area contributed by atoms with E-state index in [1.807, 2.05) is 12.1 Å². The van der Waals surface area contributed by atoms with Crippen molar-refractivity contribution in [1.29, 1.82) is 0 Å². The summed E-state index contributed by atoms with van der Waals surface area (Å²) in [5.41, 5.74) is 7.72. The first-order valence-corrected chi connectivity index (χ1v) is 8.21. The van der Waals surface area contributed by atoms with Crippen LogP contribution in [-0.4, -0.2) is 0 Å². The topological polar surface area (TPSA) is 26.0 Å². The zero-order valence-corrected chi connectivity index (χ0v) is 12.8. The van der Waals surface area contributed by atoms with Gasteiger partial charge < -0.3 is 5.73 Å². The molecule has 0 spiro atoms. The number of nitrogens with two attached hydrogens (primary N) is 1. The van der Waals surface area contributed by atoms with Crippen LogP contribution in [0.1, 0.15) is 30.9 Å². The van der Waals surface area contributed by atoms with E-state index in [2.05, 4.69) is 36.4 Å². The van der Waals surface area contributed by atoms with E-state index in [9.17, 15) is 0 Å². The van der Waals surface area contributed by atoms with Crippen molar-refractivity contribution in [3.63, 3.8) is 0 Å². The summed E-state index contributed by atoms with van der Waals surface area (Å²) in [6.45, 7) is 0. The van der Waals surface area contributed by atoms with Crippen molar-refractivity contribution in [1.82, 2.24) is 0 Å². The molecule has 0 saturated heterocycles.